The van der Waals surface area contributed by atoms with Gasteiger partial charge in [0.15, 0.2) is 0 Å². The van der Waals surface area contributed by atoms with Gasteiger partial charge in [0.25, 0.3) is 0 Å². The summed E-state index contributed by atoms with van der Waals surface area (Å²) < 4.78 is 13.6. The van der Waals surface area contributed by atoms with Crippen molar-refractivity contribution < 1.29 is 14.3 Å². The van der Waals surface area contributed by atoms with E-state index >= 15 is 0 Å². The van der Waals surface area contributed by atoms with Crippen molar-refractivity contribution in [3.8, 4) is 0 Å². The van der Waals surface area contributed by atoms with E-state index in [0.29, 0.717) is 11.8 Å². The van der Waals surface area contributed by atoms with E-state index in [1.54, 1.807) is 17.8 Å². The van der Waals surface area contributed by atoms with E-state index in [4.69, 9.17) is 9.90 Å². The third-order valence-corrected chi connectivity index (χ3v) is 5.29. The minimum Gasteiger partial charge on any atom is -0.465 e. The van der Waals surface area contributed by atoms with Gasteiger partial charge in [-0.1, -0.05) is 43.2 Å². The van der Waals surface area contributed by atoms with Gasteiger partial charge in [0.2, 0.25) is 0 Å². The number of rotatable bonds is 6. The van der Waals surface area contributed by atoms with Crippen molar-refractivity contribution >= 4 is 17.9 Å². The van der Waals surface area contributed by atoms with Gasteiger partial charge in [-0.3, -0.25) is 0 Å². The van der Waals surface area contributed by atoms with Crippen molar-refractivity contribution in [1.29, 1.82) is 0 Å². The second-order valence-electron chi connectivity index (χ2n) is 6.22. The molecule has 140 valence electrons. The molecule has 0 unspecified atom stereocenters. The number of nitrogens with two attached hydrogens (primary N) is 1. The number of thioether (sulfide) groups is 1. The number of hydrogen-bond donors (Lipinski definition) is 3. The Labute approximate surface area is 158 Å². The third kappa shape index (κ3) is 7.45. The first-order valence-corrected chi connectivity index (χ1v) is 9.70. The second kappa shape index (κ2) is 10.8. The molecule has 0 aliphatic heterocycles. The Hall–Kier alpha value is -2.05. The lowest BCUT2D eigenvalue weighted by atomic mass is 10.2. The summed E-state index contributed by atoms with van der Waals surface area (Å²) in [6.45, 7) is 0.947. The molecule has 1 saturated carbocycles. The van der Waals surface area contributed by atoms with Crippen molar-refractivity contribution in [2.75, 3.05) is 0 Å². The number of hydrogen-bond acceptors (Lipinski definition) is 3. The predicted octanol–water partition coefficient (Wildman–Crippen LogP) is 4.77. The van der Waals surface area contributed by atoms with Crippen molar-refractivity contribution in [2.24, 2.45) is 5.73 Å². The van der Waals surface area contributed by atoms with Crippen LogP contribution in [0.2, 0.25) is 0 Å². The first-order chi connectivity index (χ1) is 12.5. The Morgan fingerprint density at radius 2 is 1.77 bits per heavy atom. The number of amides is 1. The molecule has 0 aromatic heterocycles. The van der Waals surface area contributed by atoms with Gasteiger partial charge in [-0.15, -0.1) is 11.8 Å². The molecule has 4 N–H and O–H groups in total. The monoisotopic (exact) mass is 376 g/mol. The van der Waals surface area contributed by atoms with Gasteiger partial charge in [0, 0.05) is 23.2 Å². The minimum absolute atomic E-state index is 0.118. The summed E-state index contributed by atoms with van der Waals surface area (Å²) in [6.07, 6.45) is 4.03. The summed E-state index contributed by atoms with van der Waals surface area (Å²) in [5.41, 5.74) is 6.11. The molecule has 26 heavy (non-hydrogen) atoms. The van der Waals surface area contributed by atoms with Crippen LogP contribution < -0.4 is 11.1 Å². The van der Waals surface area contributed by atoms with Crippen LogP contribution in [0.1, 0.15) is 36.8 Å². The van der Waals surface area contributed by atoms with Gasteiger partial charge < -0.3 is 16.2 Å². The fraction of sp³-hybridized carbons (Fsp3) is 0.350. The van der Waals surface area contributed by atoms with Gasteiger partial charge in [-0.2, -0.15) is 0 Å². The lowest BCUT2D eigenvalue weighted by Crippen LogP contribution is -2.25. The van der Waals surface area contributed by atoms with Crippen LogP contribution in [0.15, 0.2) is 53.4 Å². The molecule has 0 spiro atoms. The zero-order valence-corrected chi connectivity index (χ0v) is 15.5. The molecule has 0 bridgehead atoms. The van der Waals surface area contributed by atoms with Crippen LogP contribution in [0.25, 0.3) is 0 Å². The number of carboxylic acid groups (broad SMARTS) is 1. The first kappa shape index (κ1) is 20.3. The molecule has 1 aliphatic rings. The fourth-order valence-electron chi connectivity index (χ4n) is 2.87. The summed E-state index contributed by atoms with van der Waals surface area (Å²) >= 11 is 1.68. The van der Waals surface area contributed by atoms with Crippen LogP contribution in [0.5, 0.6) is 0 Å². The highest BCUT2D eigenvalue weighted by Crippen LogP contribution is 2.24. The maximum atomic E-state index is 13.6. The quantitative estimate of drug-likeness (QED) is 0.635. The molecule has 1 aliphatic carbocycles. The van der Waals surface area contributed by atoms with Crippen LogP contribution in [-0.2, 0) is 12.3 Å². The molecule has 2 aromatic rings. The maximum absolute atomic E-state index is 13.6. The summed E-state index contributed by atoms with van der Waals surface area (Å²) in [5.74, 6) is 0.555. The van der Waals surface area contributed by atoms with Crippen LogP contribution in [0, 0.1) is 5.82 Å². The van der Waals surface area contributed by atoms with E-state index in [1.165, 1.54) is 42.2 Å². The lowest BCUT2D eigenvalue weighted by molar-refractivity contribution is 0.205. The molecule has 2 aromatic carbocycles. The molecule has 0 saturated heterocycles. The summed E-state index contributed by atoms with van der Waals surface area (Å²) in [5, 5.41) is 10.8. The fourth-order valence-corrected chi connectivity index (χ4v) is 3.76. The Balaban J connectivity index is 0.000000552. The van der Waals surface area contributed by atoms with Gasteiger partial charge in [0.1, 0.15) is 5.82 Å². The molecule has 3 rings (SSSR count). The zero-order valence-electron chi connectivity index (χ0n) is 14.7. The average molecular weight is 376 g/mol. The number of nitrogens with one attached hydrogen (secondary N) is 1. The molecule has 1 fully saturated rings. The topological polar surface area (TPSA) is 75.3 Å². The summed E-state index contributed by atoms with van der Waals surface area (Å²) in [4.78, 5) is 9.97. The predicted molar refractivity (Wildman–Crippen MR) is 104 cm³/mol. The molecule has 0 radical (unpaired) electrons. The standard InChI is InChI=1S/C19H22FNS.CH3NO2/c20-19-8-4-1-5-16(19)14-22-18-11-9-15(10-12-18)13-21-17-6-2-3-7-17;2-1(3)4/h1,4-5,8-12,17,21H,2-3,6-7,13-14H2;2H2,(H,3,4). The van der Waals surface area contributed by atoms with Gasteiger partial charge in [0.05, 0.1) is 0 Å². The van der Waals surface area contributed by atoms with Crippen molar-refractivity contribution in [3.05, 3.63) is 65.5 Å². The molecule has 1 amide bonds. The Morgan fingerprint density at radius 1 is 1.15 bits per heavy atom. The second-order valence-corrected chi connectivity index (χ2v) is 7.27. The van der Waals surface area contributed by atoms with Crippen molar-refractivity contribution in [2.45, 2.75) is 48.9 Å². The normalized spacial score (nSPS) is 13.9. The van der Waals surface area contributed by atoms with Crippen molar-refractivity contribution in [1.82, 2.24) is 5.32 Å². The largest absolute Gasteiger partial charge is 0.465 e. The SMILES string of the molecule is Fc1ccccc1CSc1ccc(CNC2CCCC2)cc1.NC(=O)O. The van der Waals surface area contributed by atoms with Crippen LogP contribution in [-0.4, -0.2) is 17.2 Å². The van der Waals surface area contributed by atoms with Gasteiger partial charge >= 0.3 is 6.09 Å². The zero-order chi connectivity index (χ0) is 18.8. The molecule has 0 heterocycles. The molecule has 6 heteroatoms. The Morgan fingerprint density at radius 3 is 2.38 bits per heavy atom. The number of benzene rings is 2. The van der Waals surface area contributed by atoms with Crippen LogP contribution in [0.3, 0.4) is 0 Å². The third-order valence-electron chi connectivity index (χ3n) is 4.23. The smallest absolute Gasteiger partial charge is 0.402 e. The maximum Gasteiger partial charge on any atom is 0.402 e. The van der Waals surface area contributed by atoms with Gasteiger partial charge in [-0.25, -0.2) is 9.18 Å². The lowest BCUT2D eigenvalue weighted by Gasteiger charge is -2.12. The summed E-state index contributed by atoms with van der Waals surface area (Å²) in [6, 6.07) is 16.3. The number of carbonyl (C=O) groups is 1. The van der Waals surface area contributed by atoms with E-state index < -0.39 is 6.09 Å². The number of primary amides is 1. The van der Waals surface area contributed by atoms with Gasteiger partial charge in [-0.05, 0) is 42.2 Å². The Bertz CT molecular complexity index is 684. The van der Waals surface area contributed by atoms with Crippen molar-refractivity contribution in [3.63, 3.8) is 0 Å². The molecular weight excluding hydrogens is 351 g/mol. The first-order valence-electron chi connectivity index (χ1n) is 8.71. The minimum atomic E-state index is -1.33. The highest BCUT2D eigenvalue weighted by Gasteiger charge is 2.13. The molecule has 0 atom stereocenters. The van der Waals surface area contributed by atoms with E-state index in [2.05, 4.69) is 35.3 Å². The average Bonchev–Trinajstić information content (AvgIpc) is 3.13. The van der Waals surface area contributed by atoms with E-state index in [9.17, 15) is 4.39 Å². The molecular formula is C20H25FN2O2S. The van der Waals surface area contributed by atoms with E-state index in [1.807, 2.05) is 12.1 Å². The summed E-state index contributed by atoms with van der Waals surface area (Å²) in [7, 11) is 0. The van der Waals surface area contributed by atoms with E-state index in [-0.39, 0.29) is 5.82 Å². The highest BCUT2D eigenvalue weighted by molar-refractivity contribution is 7.98. The van der Waals surface area contributed by atoms with Crippen LogP contribution in [0.4, 0.5) is 9.18 Å². The Kier molecular flexibility index (Phi) is 8.44. The van der Waals surface area contributed by atoms with E-state index in [0.717, 1.165) is 12.1 Å². The van der Waals surface area contributed by atoms with Crippen LogP contribution >= 0.6 is 11.8 Å². The number of halogens is 1. The molecule has 4 nitrogen and oxygen atoms in total. The highest BCUT2D eigenvalue weighted by atomic mass is 32.2.